The fraction of sp³-hybridized carbons (Fsp3) is 0.357. The van der Waals surface area contributed by atoms with Gasteiger partial charge in [-0.25, -0.2) is 0 Å². The lowest BCUT2D eigenvalue weighted by Gasteiger charge is -2.19. The van der Waals surface area contributed by atoms with Gasteiger partial charge in [-0.1, -0.05) is 11.2 Å². The normalized spacial score (nSPS) is 18.2. The summed E-state index contributed by atoms with van der Waals surface area (Å²) in [6.07, 6.45) is 0.957. The Bertz CT molecular complexity index is 676. The summed E-state index contributed by atoms with van der Waals surface area (Å²) in [6, 6.07) is 8.07. The molecule has 1 atom stereocenters. The van der Waals surface area contributed by atoms with Crippen molar-refractivity contribution < 1.29 is 4.52 Å². The number of nitrogens with zero attached hydrogens (tertiary/aromatic N) is 4. The third-order valence-corrected chi connectivity index (χ3v) is 4.19. The summed E-state index contributed by atoms with van der Waals surface area (Å²) in [4.78, 5) is 6.50. The highest BCUT2D eigenvalue weighted by Gasteiger charge is 2.29. The third-order valence-electron chi connectivity index (χ3n) is 3.52. The van der Waals surface area contributed by atoms with E-state index in [2.05, 4.69) is 37.0 Å². The zero-order valence-electron chi connectivity index (χ0n) is 11.0. The number of benzene rings is 1. The minimum Gasteiger partial charge on any atom is -0.370 e. The summed E-state index contributed by atoms with van der Waals surface area (Å²) in [5.41, 5.74) is 1.63. The van der Waals surface area contributed by atoms with Crippen molar-refractivity contribution >= 4 is 21.6 Å². The van der Waals surface area contributed by atoms with Gasteiger partial charge in [-0.15, -0.1) is 0 Å². The predicted molar refractivity (Wildman–Crippen MR) is 77.5 cm³/mol. The highest BCUT2D eigenvalue weighted by Crippen LogP contribution is 2.34. The maximum absolute atomic E-state index is 9.30. The number of aryl methyl sites for hydroxylation is 1. The summed E-state index contributed by atoms with van der Waals surface area (Å²) in [6.45, 7) is 3.51. The van der Waals surface area contributed by atoms with Crippen LogP contribution in [0.2, 0.25) is 0 Å². The Hall–Kier alpha value is -1.87. The molecule has 5 nitrogen and oxygen atoms in total. The van der Waals surface area contributed by atoms with Gasteiger partial charge in [0.1, 0.15) is 6.07 Å². The van der Waals surface area contributed by atoms with E-state index in [1.165, 1.54) is 0 Å². The zero-order chi connectivity index (χ0) is 14.1. The van der Waals surface area contributed by atoms with Crippen molar-refractivity contribution in [3.8, 4) is 6.07 Å². The first-order valence-electron chi connectivity index (χ1n) is 6.43. The Morgan fingerprint density at radius 3 is 3.05 bits per heavy atom. The van der Waals surface area contributed by atoms with Gasteiger partial charge in [-0.05, 0) is 41.4 Å². The molecule has 0 spiro atoms. The molecule has 0 radical (unpaired) electrons. The lowest BCUT2D eigenvalue weighted by molar-refractivity contribution is 0.356. The summed E-state index contributed by atoms with van der Waals surface area (Å²) >= 11 is 3.43. The Kier molecular flexibility index (Phi) is 3.45. The van der Waals surface area contributed by atoms with Gasteiger partial charge in [-0.3, -0.25) is 0 Å². The molecule has 1 saturated heterocycles. The second kappa shape index (κ2) is 5.25. The number of anilines is 1. The number of hydrogen-bond acceptors (Lipinski definition) is 5. The van der Waals surface area contributed by atoms with Gasteiger partial charge < -0.3 is 9.42 Å². The molecule has 20 heavy (non-hydrogen) atoms. The number of aromatic nitrogens is 2. The molecule has 1 fully saturated rings. The van der Waals surface area contributed by atoms with Gasteiger partial charge in [-0.2, -0.15) is 10.2 Å². The monoisotopic (exact) mass is 332 g/mol. The smallest absolute Gasteiger partial charge is 0.231 e. The van der Waals surface area contributed by atoms with Crippen molar-refractivity contribution in [2.75, 3.05) is 18.0 Å². The maximum atomic E-state index is 9.30. The average molecular weight is 333 g/mol. The molecular formula is C14H13BrN4O. The SMILES string of the molecule is Cc1noc(C2CCN(c3cccc(Br)c3C#N)C2)n1. The van der Waals surface area contributed by atoms with Gasteiger partial charge in [0.2, 0.25) is 5.89 Å². The molecule has 2 aromatic rings. The van der Waals surface area contributed by atoms with Gasteiger partial charge >= 0.3 is 0 Å². The Labute approximate surface area is 125 Å². The van der Waals surface area contributed by atoms with Crippen molar-refractivity contribution in [2.24, 2.45) is 0 Å². The van der Waals surface area contributed by atoms with Crippen molar-refractivity contribution in [3.05, 3.63) is 40.0 Å². The fourth-order valence-electron chi connectivity index (χ4n) is 2.55. The van der Waals surface area contributed by atoms with Gasteiger partial charge in [0.25, 0.3) is 0 Å². The van der Waals surface area contributed by atoms with Crippen LogP contribution in [-0.4, -0.2) is 23.2 Å². The second-order valence-electron chi connectivity index (χ2n) is 4.86. The first-order valence-corrected chi connectivity index (χ1v) is 7.22. The molecule has 0 saturated carbocycles. The van der Waals surface area contributed by atoms with Crippen LogP contribution in [0.15, 0.2) is 27.2 Å². The van der Waals surface area contributed by atoms with E-state index < -0.39 is 0 Å². The van der Waals surface area contributed by atoms with E-state index in [1.54, 1.807) is 0 Å². The average Bonchev–Trinajstić information content (AvgIpc) is 3.07. The van der Waals surface area contributed by atoms with E-state index in [4.69, 9.17) is 4.52 Å². The lowest BCUT2D eigenvalue weighted by Crippen LogP contribution is -2.20. The van der Waals surface area contributed by atoms with Crippen LogP contribution in [0, 0.1) is 18.3 Å². The second-order valence-corrected chi connectivity index (χ2v) is 5.71. The highest BCUT2D eigenvalue weighted by atomic mass is 79.9. The van der Waals surface area contributed by atoms with Crippen LogP contribution in [0.1, 0.15) is 29.6 Å². The number of nitriles is 1. The summed E-state index contributed by atoms with van der Waals surface area (Å²) < 4.78 is 6.08. The fourth-order valence-corrected chi connectivity index (χ4v) is 2.99. The summed E-state index contributed by atoms with van der Waals surface area (Å²) in [5, 5.41) is 13.1. The molecule has 0 N–H and O–H groups in total. The van der Waals surface area contributed by atoms with Gasteiger partial charge in [0.15, 0.2) is 5.82 Å². The van der Waals surface area contributed by atoms with Crippen molar-refractivity contribution in [1.82, 2.24) is 10.1 Å². The van der Waals surface area contributed by atoms with Gasteiger partial charge in [0, 0.05) is 17.6 Å². The predicted octanol–water partition coefficient (Wildman–Crippen LogP) is 3.01. The maximum Gasteiger partial charge on any atom is 0.231 e. The van der Waals surface area contributed by atoms with Crippen molar-refractivity contribution in [3.63, 3.8) is 0 Å². The van der Waals surface area contributed by atoms with E-state index in [0.717, 1.165) is 29.7 Å². The summed E-state index contributed by atoms with van der Waals surface area (Å²) in [7, 11) is 0. The molecule has 6 heteroatoms. The first kappa shape index (κ1) is 13.1. The number of rotatable bonds is 2. The van der Waals surface area contributed by atoms with Crippen LogP contribution in [0.3, 0.4) is 0 Å². The standard InChI is InChI=1S/C14H13BrN4O/c1-9-17-14(20-18-9)10-5-6-19(8-10)13-4-2-3-12(15)11(13)7-16/h2-4,10H,5-6,8H2,1H3. The van der Waals surface area contributed by atoms with Crippen LogP contribution in [0.25, 0.3) is 0 Å². The van der Waals surface area contributed by atoms with Crippen molar-refractivity contribution in [1.29, 1.82) is 5.26 Å². The molecule has 2 heterocycles. The largest absolute Gasteiger partial charge is 0.370 e. The zero-order valence-corrected chi connectivity index (χ0v) is 12.6. The van der Waals surface area contributed by atoms with E-state index in [1.807, 2.05) is 25.1 Å². The Morgan fingerprint density at radius 1 is 1.50 bits per heavy atom. The van der Waals surface area contributed by atoms with E-state index in [9.17, 15) is 5.26 Å². The Morgan fingerprint density at radius 2 is 2.35 bits per heavy atom. The Balaban J connectivity index is 1.84. The van der Waals surface area contributed by atoms with Crippen LogP contribution >= 0.6 is 15.9 Å². The highest BCUT2D eigenvalue weighted by molar-refractivity contribution is 9.10. The van der Waals surface area contributed by atoms with E-state index in [0.29, 0.717) is 17.3 Å². The topological polar surface area (TPSA) is 66.0 Å². The quantitative estimate of drug-likeness (QED) is 0.845. The molecule has 1 aliphatic rings. The molecule has 0 amide bonds. The number of halogens is 1. The van der Waals surface area contributed by atoms with E-state index >= 15 is 0 Å². The third kappa shape index (κ3) is 2.29. The lowest BCUT2D eigenvalue weighted by atomic mass is 10.1. The summed E-state index contributed by atoms with van der Waals surface area (Å²) in [5.74, 6) is 1.60. The minimum absolute atomic E-state index is 0.238. The molecule has 1 aromatic carbocycles. The van der Waals surface area contributed by atoms with Crippen molar-refractivity contribution in [2.45, 2.75) is 19.3 Å². The molecule has 0 aliphatic carbocycles. The van der Waals surface area contributed by atoms with E-state index in [-0.39, 0.29) is 5.92 Å². The molecule has 1 unspecified atom stereocenters. The number of hydrogen-bond donors (Lipinski definition) is 0. The molecular weight excluding hydrogens is 320 g/mol. The van der Waals surface area contributed by atoms with Crippen LogP contribution in [0.5, 0.6) is 0 Å². The molecule has 1 aliphatic heterocycles. The molecule has 0 bridgehead atoms. The first-order chi connectivity index (χ1) is 9.69. The van der Waals surface area contributed by atoms with Gasteiger partial charge in [0.05, 0.1) is 17.2 Å². The molecule has 102 valence electrons. The van der Waals surface area contributed by atoms with Crippen LogP contribution < -0.4 is 4.90 Å². The molecule has 1 aromatic heterocycles. The van der Waals surface area contributed by atoms with Crippen LogP contribution in [0.4, 0.5) is 5.69 Å². The minimum atomic E-state index is 0.238. The van der Waals surface area contributed by atoms with Crippen LogP contribution in [-0.2, 0) is 0 Å². The molecule has 3 rings (SSSR count).